The van der Waals surface area contributed by atoms with Gasteiger partial charge in [0.05, 0.1) is 23.2 Å². The highest BCUT2D eigenvalue weighted by Crippen LogP contribution is 2.22. The van der Waals surface area contributed by atoms with Gasteiger partial charge in [-0.2, -0.15) is 0 Å². The Morgan fingerprint density at radius 2 is 1.88 bits per heavy atom. The molecule has 0 bridgehead atoms. The van der Waals surface area contributed by atoms with Gasteiger partial charge in [-0.25, -0.2) is 18.4 Å². The molecule has 2 N–H and O–H groups in total. The molecule has 8 nitrogen and oxygen atoms in total. The number of aromatic nitrogens is 3. The van der Waals surface area contributed by atoms with Gasteiger partial charge < -0.3 is 5.32 Å². The zero-order valence-corrected chi connectivity index (χ0v) is 14.1. The minimum atomic E-state index is -3.45. The van der Waals surface area contributed by atoms with Crippen molar-refractivity contribution in [2.24, 2.45) is 0 Å². The first kappa shape index (κ1) is 16.7. The second-order valence-corrected chi connectivity index (χ2v) is 7.00. The van der Waals surface area contributed by atoms with Gasteiger partial charge in [0, 0.05) is 18.6 Å². The predicted molar refractivity (Wildman–Crippen MR) is 94.2 cm³/mol. The molecule has 1 aromatic carbocycles. The van der Waals surface area contributed by atoms with Crippen LogP contribution in [0.3, 0.4) is 0 Å². The molecule has 0 spiro atoms. The van der Waals surface area contributed by atoms with E-state index in [0.29, 0.717) is 22.8 Å². The maximum absolute atomic E-state index is 12.4. The number of imidazole rings is 1. The normalized spacial score (nSPS) is 11.1. The minimum absolute atomic E-state index is 0.293. The Balaban J connectivity index is 1.79. The lowest BCUT2D eigenvalue weighted by atomic mass is 10.2. The van der Waals surface area contributed by atoms with Gasteiger partial charge in [-0.1, -0.05) is 12.1 Å². The van der Waals surface area contributed by atoms with Crippen molar-refractivity contribution in [2.75, 3.05) is 16.3 Å². The first-order valence-corrected chi connectivity index (χ1v) is 9.14. The number of carbonyl (C=O) groups is 1. The third-order valence-electron chi connectivity index (χ3n) is 3.25. The van der Waals surface area contributed by atoms with Crippen LogP contribution in [0.2, 0.25) is 0 Å². The average molecular weight is 357 g/mol. The summed E-state index contributed by atoms with van der Waals surface area (Å²) >= 11 is 0. The van der Waals surface area contributed by atoms with Crippen molar-refractivity contribution in [1.29, 1.82) is 0 Å². The number of anilines is 2. The number of para-hydroxylation sites is 2. The summed E-state index contributed by atoms with van der Waals surface area (Å²) in [4.78, 5) is 20.5. The van der Waals surface area contributed by atoms with Crippen molar-refractivity contribution in [3.63, 3.8) is 0 Å². The van der Waals surface area contributed by atoms with Crippen molar-refractivity contribution >= 4 is 27.3 Å². The molecule has 128 valence electrons. The number of nitrogens with one attached hydrogen (secondary N) is 2. The minimum Gasteiger partial charge on any atom is -0.320 e. The summed E-state index contributed by atoms with van der Waals surface area (Å²) in [5.74, 6) is 0.237. The fraction of sp³-hybridized carbons (Fsp3) is 0.0625. The first-order valence-electron chi connectivity index (χ1n) is 7.25. The van der Waals surface area contributed by atoms with E-state index in [1.54, 1.807) is 59.7 Å². The molecule has 0 fully saturated rings. The molecule has 0 aliphatic heterocycles. The number of sulfonamides is 1. The third kappa shape index (κ3) is 4.21. The van der Waals surface area contributed by atoms with E-state index in [1.165, 1.54) is 6.20 Å². The molecule has 2 heterocycles. The van der Waals surface area contributed by atoms with Gasteiger partial charge in [0.2, 0.25) is 10.0 Å². The maximum Gasteiger partial charge on any atom is 0.257 e. The molecule has 2 aromatic heterocycles. The molecule has 0 unspecified atom stereocenters. The van der Waals surface area contributed by atoms with Crippen LogP contribution in [0.5, 0.6) is 0 Å². The van der Waals surface area contributed by atoms with E-state index in [2.05, 4.69) is 20.0 Å². The fourth-order valence-corrected chi connectivity index (χ4v) is 2.72. The fourth-order valence-electron chi connectivity index (χ4n) is 2.14. The van der Waals surface area contributed by atoms with Crippen molar-refractivity contribution < 1.29 is 13.2 Å². The summed E-state index contributed by atoms with van der Waals surface area (Å²) < 4.78 is 26.9. The van der Waals surface area contributed by atoms with Crippen molar-refractivity contribution in [3.8, 4) is 5.82 Å². The lowest BCUT2D eigenvalue weighted by molar-refractivity contribution is 0.102. The molecule has 25 heavy (non-hydrogen) atoms. The number of amides is 1. The van der Waals surface area contributed by atoms with Crippen LogP contribution in [0.4, 0.5) is 11.4 Å². The van der Waals surface area contributed by atoms with E-state index in [0.717, 1.165) is 6.26 Å². The van der Waals surface area contributed by atoms with Gasteiger partial charge in [-0.15, -0.1) is 0 Å². The highest BCUT2D eigenvalue weighted by Gasteiger charge is 2.12. The monoisotopic (exact) mass is 357 g/mol. The smallest absolute Gasteiger partial charge is 0.257 e. The van der Waals surface area contributed by atoms with Crippen LogP contribution in [-0.4, -0.2) is 35.1 Å². The standard InChI is InChI=1S/C16H15N5O3S/c1-25(23,24)20-14-5-3-2-4-13(14)19-16(22)12-6-7-15(18-10-12)21-9-8-17-11-21/h2-11,20H,1H3,(H,19,22). The van der Waals surface area contributed by atoms with Crippen molar-refractivity contribution in [3.05, 3.63) is 66.9 Å². The quantitative estimate of drug-likeness (QED) is 0.725. The molecule has 0 saturated carbocycles. The first-order chi connectivity index (χ1) is 11.9. The van der Waals surface area contributed by atoms with E-state index in [4.69, 9.17) is 0 Å². The molecule has 0 atom stereocenters. The Morgan fingerprint density at radius 3 is 2.48 bits per heavy atom. The van der Waals surface area contributed by atoms with Crippen LogP contribution in [0, 0.1) is 0 Å². The van der Waals surface area contributed by atoms with Gasteiger partial charge in [0.1, 0.15) is 12.1 Å². The molecule has 0 saturated heterocycles. The van der Waals surface area contributed by atoms with Crippen LogP contribution in [0.25, 0.3) is 5.82 Å². The Bertz CT molecular complexity index is 983. The SMILES string of the molecule is CS(=O)(=O)Nc1ccccc1NC(=O)c1ccc(-n2ccnc2)nc1. The summed E-state index contributed by atoms with van der Waals surface area (Å²) in [6, 6.07) is 9.87. The molecular weight excluding hydrogens is 342 g/mol. The summed E-state index contributed by atoms with van der Waals surface area (Å²) in [7, 11) is -3.45. The molecule has 9 heteroatoms. The van der Waals surface area contributed by atoms with E-state index in [1.807, 2.05) is 0 Å². The molecule has 3 rings (SSSR count). The summed E-state index contributed by atoms with van der Waals surface area (Å²) in [6.45, 7) is 0. The third-order valence-corrected chi connectivity index (χ3v) is 3.84. The number of rotatable bonds is 5. The predicted octanol–water partition coefficient (Wildman–Crippen LogP) is 1.89. The van der Waals surface area contributed by atoms with Gasteiger partial charge in [-0.3, -0.25) is 14.1 Å². The van der Waals surface area contributed by atoms with Crippen LogP contribution >= 0.6 is 0 Å². The van der Waals surface area contributed by atoms with Crippen LogP contribution in [0.1, 0.15) is 10.4 Å². The van der Waals surface area contributed by atoms with E-state index < -0.39 is 15.9 Å². The van der Waals surface area contributed by atoms with Gasteiger partial charge >= 0.3 is 0 Å². The summed E-state index contributed by atoms with van der Waals surface area (Å²) in [5, 5.41) is 2.68. The largest absolute Gasteiger partial charge is 0.320 e. The zero-order valence-electron chi connectivity index (χ0n) is 13.2. The van der Waals surface area contributed by atoms with Crippen molar-refractivity contribution in [2.45, 2.75) is 0 Å². The highest BCUT2D eigenvalue weighted by atomic mass is 32.2. The molecule has 1 amide bonds. The Kier molecular flexibility index (Phi) is 4.48. The second kappa shape index (κ2) is 6.73. The van der Waals surface area contributed by atoms with E-state index >= 15 is 0 Å². The topological polar surface area (TPSA) is 106 Å². The Labute approximate surface area is 144 Å². The molecule has 3 aromatic rings. The van der Waals surface area contributed by atoms with E-state index in [-0.39, 0.29) is 0 Å². The highest BCUT2D eigenvalue weighted by molar-refractivity contribution is 7.92. The lowest BCUT2D eigenvalue weighted by Crippen LogP contribution is -2.16. The number of carbonyl (C=O) groups excluding carboxylic acids is 1. The van der Waals surface area contributed by atoms with Crippen LogP contribution < -0.4 is 10.0 Å². The maximum atomic E-state index is 12.4. The zero-order chi connectivity index (χ0) is 17.9. The number of hydrogen-bond donors (Lipinski definition) is 2. The lowest BCUT2D eigenvalue weighted by Gasteiger charge is -2.12. The Hall–Kier alpha value is -3.20. The van der Waals surface area contributed by atoms with Gasteiger partial charge in [-0.05, 0) is 24.3 Å². The summed E-state index contributed by atoms with van der Waals surface area (Å²) in [5.41, 5.74) is 0.996. The Morgan fingerprint density at radius 1 is 1.12 bits per heavy atom. The second-order valence-electron chi connectivity index (χ2n) is 5.25. The average Bonchev–Trinajstić information content (AvgIpc) is 3.10. The van der Waals surface area contributed by atoms with Crippen LogP contribution in [0.15, 0.2) is 61.3 Å². The number of nitrogens with zero attached hydrogens (tertiary/aromatic N) is 3. The van der Waals surface area contributed by atoms with Gasteiger partial charge in [0.15, 0.2) is 0 Å². The molecule has 0 aliphatic rings. The van der Waals surface area contributed by atoms with E-state index in [9.17, 15) is 13.2 Å². The number of benzene rings is 1. The number of pyridine rings is 1. The van der Waals surface area contributed by atoms with Crippen LogP contribution in [-0.2, 0) is 10.0 Å². The van der Waals surface area contributed by atoms with Crippen molar-refractivity contribution in [1.82, 2.24) is 14.5 Å². The molecular formula is C16H15N5O3S. The van der Waals surface area contributed by atoms with Gasteiger partial charge in [0.25, 0.3) is 5.91 Å². The molecule has 0 aliphatic carbocycles. The summed E-state index contributed by atoms with van der Waals surface area (Å²) in [6.07, 6.45) is 7.47. The molecule has 0 radical (unpaired) electrons. The number of hydrogen-bond acceptors (Lipinski definition) is 5.